The molecule has 94 valence electrons. The van der Waals surface area contributed by atoms with Crippen molar-refractivity contribution < 1.29 is 4.92 Å². The second-order valence-electron chi connectivity index (χ2n) is 4.34. The first-order valence-electron chi connectivity index (χ1n) is 5.82. The average Bonchev–Trinajstić information content (AvgIpc) is 2.78. The van der Waals surface area contributed by atoms with Gasteiger partial charge in [-0.2, -0.15) is 0 Å². The molecule has 0 aromatic heterocycles. The monoisotopic (exact) mass is 253 g/mol. The van der Waals surface area contributed by atoms with Gasteiger partial charge >= 0.3 is 5.70 Å². The molecule has 0 aliphatic carbocycles. The number of rotatable bonds is 1. The van der Waals surface area contributed by atoms with Gasteiger partial charge in [0.05, 0.1) is 15.5 Å². The molecule has 0 N–H and O–H groups in total. The first kappa shape index (κ1) is 11.4. The average molecular weight is 253 g/mol. The first-order chi connectivity index (χ1) is 9.16. The lowest BCUT2D eigenvalue weighted by Gasteiger charge is -2.12. The molecule has 0 unspecified atom stereocenters. The molecule has 3 rings (SSSR count). The summed E-state index contributed by atoms with van der Waals surface area (Å²) in [5, 5.41) is 12.5. The largest absolute Gasteiger partial charge is 0.357 e. The Bertz CT molecular complexity index is 756. The highest BCUT2D eigenvalue weighted by molar-refractivity contribution is 5.64. The second kappa shape index (κ2) is 4.20. The second-order valence-corrected chi connectivity index (χ2v) is 4.34. The summed E-state index contributed by atoms with van der Waals surface area (Å²) < 4.78 is 0. The molecular formula is C14H11N3O2. The molecule has 2 aliphatic rings. The third-order valence-electron chi connectivity index (χ3n) is 3.05. The normalized spacial score (nSPS) is 16.7. The van der Waals surface area contributed by atoms with Gasteiger partial charge < -0.3 is 4.90 Å². The minimum absolute atomic E-state index is 0.0736. The number of benzene rings is 1. The minimum atomic E-state index is -0.363. The first-order valence-corrected chi connectivity index (χ1v) is 5.82. The van der Waals surface area contributed by atoms with E-state index in [1.54, 1.807) is 18.2 Å². The number of hydrogen-bond donors (Lipinski definition) is 0. The van der Waals surface area contributed by atoms with Crippen LogP contribution in [0, 0.1) is 10.1 Å². The number of hydrogen-bond acceptors (Lipinski definition) is 4. The van der Waals surface area contributed by atoms with Crippen molar-refractivity contribution in [2.24, 2.45) is 4.99 Å². The van der Waals surface area contributed by atoms with Crippen molar-refractivity contribution in [3.63, 3.8) is 0 Å². The van der Waals surface area contributed by atoms with Gasteiger partial charge in [-0.1, -0.05) is 12.1 Å². The number of nitrogens with zero attached hydrogens (tertiary/aromatic N) is 3. The van der Waals surface area contributed by atoms with Crippen LogP contribution >= 0.6 is 0 Å². The molecule has 0 radical (unpaired) electrons. The van der Waals surface area contributed by atoms with Gasteiger partial charge in [0, 0.05) is 25.0 Å². The molecule has 1 aromatic carbocycles. The number of nitro groups is 1. The lowest BCUT2D eigenvalue weighted by Crippen LogP contribution is -2.24. The zero-order chi connectivity index (χ0) is 13.4. The molecule has 0 fully saturated rings. The Morgan fingerprint density at radius 1 is 1.21 bits per heavy atom. The van der Waals surface area contributed by atoms with Gasteiger partial charge in [-0.15, -0.1) is 0 Å². The van der Waals surface area contributed by atoms with E-state index in [2.05, 4.69) is 4.99 Å². The van der Waals surface area contributed by atoms with Crippen molar-refractivity contribution in [1.29, 1.82) is 0 Å². The molecule has 1 aromatic rings. The van der Waals surface area contributed by atoms with Gasteiger partial charge in [0.2, 0.25) is 0 Å². The SMILES string of the molecule is CN1C=CC(=C2N=c3ccccc3=C2[N+](=O)[O-])C=C1. The highest BCUT2D eigenvalue weighted by atomic mass is 16.6. The van der Waals surface area contributed by atoms with E-state index in [0.29, 0.717) is 16.3 Å². The third-order valence-corrected chi connectivity index (χ3v) is 3.05. The van der Waals surface area contributed by atoms with Gasteiger partial charge in [0.15, 0.2) is 0 Å². The van der Waals surface area contributed by atoms with Crippen LogP contribution in [0.1, 0.15) is 0 Å². The number of para-hydroxylation sites is 1. The van der Waals surface area contributed by atoms with Crippen molar-refractivity contribution in [2.75, 3.05) is 7.05 Å². The molecule has 0 bridgehead atoms. The Labute approximate surface area is 109 Å². The van der Waals surface area contributed by atoms with E-state index < -0.39 is 0 Å². The molecule has 0 saturated heterocycles. The fourth-order valence-electron chi connectivity index (χ4n) is 2.12. The quantitative estimate of drug-likeness (QED) is 0.552. The maximum absolute atomic E-state index is 11.3. The van der Waals surface area contributed by atoms with E-state index >= 15 is 0 Å². The van der Waals surface area contributed by atoms with Crippen LogP contribution in [0.5, 0.6) is 0 Å². The molecule has 5 heteroatoms. The molecule has 0 saturated carbocycles. The fraction of sp³-hybridized carbons (Fsp3) is 0.0714. The Hall–Kier alpha value is -2.69. The predicted octanol–water partition coefficient (Wildman–Crippen LogP) is 0.932. The summed E-state index contributed by atoms with van der Waals surface area (Å²) in [6.07, 6.45) is 7.35. The van der Waals surface area contributed by atoms with Crippen molar-refractivity contribution in [3.05, 3.63) is 80.8 Å². The Balaban J connectivity index is 2.29. The zero-order valence-corrected chi connectivity index (χ0v) is 10.3. The van der Waals surface area contributed by atoms with Crippen molar-refractivity contribution >= 4 is 5.70 Å². The van der Waals surface area contributed by atoms with Gasteiger partial charge in [0.25, 0.3) is 0 Å². The molecule has 19 heavy (non-hydrogen) atoms. The summed E-state index contributed by atoms with van der Waals surface area (Å²) >= 11 is 0. The highest BCUT2D eigenvalue weighted by Gasteiger charge is 2.26. The van der Waals surface area contributed by atoms with Gasteiger partial charge in [-0.25, -0.2) is 4.99 Å². The lowest BCUT2D eigenvalue weighted by molar-refractivity contribution is -0.376. The topological polar surface area (TPSA) is 58.7 Å². The minimum Gasteiger partial charge on any atom is -0.357 e. The Morgan fingerprint density at radius 3 is 2.58 bits per heavy atom. The summed E-state index contributed by atoms with van der Waals surface area (Å²) in [7, 11) is 1.90. The van der Waals surface area contributed by atoms with Crippen LogP contribution in [0.2, 0.25) is 0 Å². The molecule has 5 nitrogen and oxygen atoms in total. The van der Waals surface area contributed by atoms with Gasteiger partial charge in [-0.05, 0) is 24.3 Å². The van der Waals surface area contributed by atoms with E-state index in [-0.39, 0.29) is 10.6 Å². The van der Waals surface area contributed by atoms with E-state index in [1.807, 2.05) is 42.6 Å². The number of allylic oxidation sites excluding steroid dienone is 3. The maximum atomic E-state index is 11.3. The van der Waals surface area contributed by atoms with E-state index in [1.165, 1.54) is 0 Å². The highest BCUT2D eigenvalue weighted by Crippen LogP contribution is 2.22. The molecule has 0 atom stereocenters. The maximum Gasteiger partial charge on any atom is 0.304 e. The molecule has 0 amide bonds. The molecular weight excluding hydrogens is 242 g/mol. The molecule has 0 spiro atoms. The summed E-state index contributed by atoms with van der Waals surface area (Å²) in [5.74, 6) is 0. The van der Waals surface area contributed by atoms with Crippen LogP contribution in [-0.2, 0) is 0 Å². The van der Waals surface area contributed by atoms with E-state index in [4.69, 9.17) is 0 Å². The molecule has 2 heterocycles. The van der Waals surface area contributed by atoms with Crippen molar-refractivity contribution in [3.8, 4) is 0 Å². The standard InChI is InChI=1S/C14H11N3O2/c1-16-8-6-10(7-9-16)13-14(17(18)19)11-4-2-3-5-12(11)15-13/h2-9H,1H3. The van der Waals surface area contributed by atoms with Gasteiger partial charge in [-0.3, -0.25) is 10.1 Å². The summed E-state index contributed by atoms with van der Waals surface area (Å²) in [6.45, 7) is 0. The van der Waals surface area contributed by atoms with Crippen LogP contribution in [0.3, 0.4) is 0 Å². The summed E-state index contributed by atoms with van der Waals surface area (Å²) in [4.78, 5) is 17.2. The lowest BCUT2D eigenvalue weighted by atomic mass is 10.1. The Morgan fingerprint density at radius 2 is 1.89 bits per heavy atom. The zero-order valence-electron chi connectivity index (χ0n) is 10.3. The summed E-state index contributed by atoms with van der Waals surface area (Å²) in [5.41, 5.74) is 1.25. The number of fused-ring (bicyclic) bond motifs is 1. The van der Waals surface area contributed by atoms with Crippen LogP contribution in [-0.4, -0.2) is 16.9 Å². The van der Waals surface area contributed by atoms with Crippen LogP contribution in [0.15, 0.2) is 65.1 Å². The van der Waals surface area contributed by atoms with Gasteiger partial charge in [0.1, 0.15) is 5.70 Å². The van der Waals surface area contributed by atoms with Crippen molar-refractivity contribution in [2.45, 2.75) is 0 Å². The van der Waals surface area contributed by atoms with E-state index in [0.717, 1.165) is 5.57 Å². The summed E-state index contributed by atoms with van der Waals surface area (Å²) in [6, 6.07) is 7.13. The fourth-order valence-corrected chi connectivity index (χ4v) is 2.12. The van der Waals surface area contributed by atoms with Crippen LogP contribution < -0.4 is 10.6 Å². The third kappa shape index (κ3) is 1.85. The van der Waals surface area contributed by atoms with Crippen LogP contribution in [0.4, 0.5) is 0 Å². The predicted molar refractivity (Wildman–Crippen MR) is 70.7 cm³/mol. The van der Waals surface area contributed by atoms with E-state index in [9.17, 15) is 10.1 Å². The Kier molecular flexibility index (Phi) is 2.52. The van der Waals surface area contributed by atoms with Crippen LogP contribution in [0.25, 0.3) is 5.70 Å². The molecule has 2 aliphatic heterocycles. The van der Waals surface area contributed by atoms with Crippen molar-refractivity contribution in [1.82, 2.24) is 4.90 Å². The smallest absolute Gasteiger partial charge is 0.304 e.